The molecule has 0 bridgehead atoms. The first-order chi connectivity index (χ1) is 26.2. The number of rotatable bonds is 21. The Morgan fingerprint density at radius 2 is 1.56 bits per heavy atom. The van der Waals surface area contributed by atoms with E-state index in [1.54, 1.807) is 23.5 Å². The Morgan fingerprint density at radius 3 is 2.16 bits per heavy atom. The lowest BCUT2D eigenvalue weighted by Crippen LogP contribution is -2.58. The highest BCUT2D eigenvalue weighted by molar-refractivity contribution is 7.13. The first-order valence-electron chi connectivity index (χ1n) is 18.5. The average molecular weight is 783 g/mol. The molecule has 1 fully saturated rings. The Morgan fingerprint density at radius 1 is 0.927 bits per heavy atom. The predicted octanol–water partition coefficient (Wildman–Crippen LogP) is 3.93. The fourth-order valence-corrected chi connectivity index (χ4v) is 6.86. The highest BCUT2D eigenvalue weighted by Crippen LogP contribution is 2.29. The number of benzene rings is 2. The molecule has 2 heterocycles. The van der Waals surface area contributed by atoms with E-state index in [0.717, 1.165) is 27.3 Å². The Bertz CT molecular complexity index is 1690. The molecule has 4 N–H and O–H groups in total. The van der Waals surface area contributed by atoms with E-state index < -0.39 is 41.4 Å². The van der Waals surface area contributed by atoms with Crippen molar-refractivity contribution in [1.82, 2.24) is 20.5 Å². The number of nitrogens with zero attached hydrogens (tertiary/aromatic N) is 2. The summed E-state index contributed by atoms with van der Waals surface area (Å²) >= 11 is 1.57. The Hall–Kier alpha value is -4.41. The lowest BCUT2D eigenvalue weighted by molar-refractivity contribution is -0.144. The molecule has 0 spiro atoms. The molecule has 1 aromatic heterocycles. The van der Waals surface area contributed by atoms with Gasteiger partial charge in [-0.3, -0.25) is 19.2 Å². The number of thiazole rings is 1. The molecule has 55 heavy (non-hydrogen) atoms. The molecule has 0 aliphatic carbocycles. The van der Waals surface area contributed by atoms with Crippen molar-refractivity contribution in [2.24, 2.45) is 5.41 Å². The third-order valence-corrected chi connectivity index (χ3v) is 10.1. The highest BCUT2D eigenvalue weighted by Gasteiger charge is 2.44. The van der Waals surface area contributed by atoms with Gasteiger partial charge < -0.3 is 44.7 Å². The van der Waals surface area contributed by atoms with Gasteiger partial charge in [-0.05, 0) is 54.5 Å². The van der Waals surface area contributed by atoms with Crippen molar-refractivity contribution >= 4 is 35.0 Å². The molecule has 0 radical (unpaired) electrons. The van der Waals surface area contributed by atoms with Crippen LogP contribution in [0.25, 0.3) is 10.4 Å². The summed E-state index contributed by atoms with van der Waals surface area (Å²) in [5.74, 6) is -1.47. The molecule has 1 aliphatic rings. The Kier molecular flexibility index (Phi) is 16.6. The third kappa shape index (κ3) is 13.7. The van der Waals surface area contributed by atoms with Crippen LogP contribution in [-0.4, -0.2) is 115 Å². The van der Waals surface area contributed by atoms with E-state index >= 15 is 0 Å². The normalized spacial score (nSPS) is 16.7. The molecule has 14 nitrogen and oxygen atoms in total. The van der Waals surface area contributed by atoms with Crippen molar-refractivity contribution in [3.8, 4) is 16.2 Å². The molecule has 4 rings (SSSR count). The van der Waals surface area contributed by atoms with E-state index in [-0.39, 0.29) is 51.2 Å². The van der Waals surface area contributed by atoms with E-state index in [9.17, 15) is 24.3 Å². The maximum Gasteiger partial charge on any atom is 0.303 e. The average Bonchev–Trinajstić information content (AvgIpc) is 3.76. The zero-order chi connectivity index (χ0) is 40.0. The molecule has 2 aromatic carbocycles. The van der Waals surface area contributed by atoms with Gasteiger partial charge in [0.05, 0.1) is 61.3 Å². The Labute approximate surface area is 326 Å². The number of carboxylic acids is 1. The number of hydrogen-bond acceptors (Lipinski definition) is 11. The van der Waals surface area contributed by atoms with Crippen molar-refractivity contribution in [1.29, 1.82) is 0 Å². The first-order valence-corrected chi connectivity index (χ1v) is 19.4. The number of aliphatic carboxylic acids is 1. The van der Waals surface area contributed by atoms with Crippen molar-refractivity contribution in [2.75, 3.05) is 52.8 Å². The topological polar surface area (TPSA) is 186 Å². The second kappa shape index (κ2) is 21.0. The van der Waals surface area contributed by atoms with Crippen LogP contribution in [0, 0.1) is 12.3 Å². The maximum absolute atomic E-state index is 13.9. The summed E-state index contributed by atoms with van der Waals surface area (Å²) in [5.41, 5.74) is 4.94. The van der Waals surface area contributed by atoms with Gasteiger partial charge in [0.1, 0.15) is 31.0 Å². The minimum Gasteiger partial charge on any atom is -0.491 e. The highest BCUT2D eigenvalue weighted by atomic mass is 32.1. The van der Waals surface area contributed by atoms with Crippen LogP contribution in [0.4, 0.5) is 0 Å². The molecule has 300 valence electrons. The number of aliphatic hydroxyl groups is 1. The minimum atomic E-state index is -0.968. The summed E-state index contributed by atoms with van der Waals surface area (Å²) in [6, 6.07) is 13.0. The zero-order valence-corrected chi connectivity index (χ0v) is 33.1. The summed E-state index contributed by atoms with van der Waals surface area (Å²) < 4.78 is 22.1. The number of amides is 3. The number of β-amino-alcohol motifs (C(OH)–C–C–N with tert-alkyl or cyclic N) is 1. The molecule has 0 saturated carbocycles. The largest absolute Gasteiger partial charge is 0.491 e. The number of aryl methyl sites for hydroxylation is 2. The van der Waals surface area contributed by atoms with Crippen LogP contribution >= 0.6 is 11.3 Å². The first kappa shape index (κ1) is 43.3. The SMILES string of the molecule is Cc1ncsc1-c1ccc(C(C)NC(=O)[C@@H]2C[C@@H](O)CN2C(=O)C(NC(=O)COCCOCCOCCOc2ccc(CCC(=O)O)cc2)C(C)(C)C)cc1. The molecule has 4 atom stereocenters. The molecule has 15 heteroatoms. The summed E-state index contributed by atoms with van der Waals surface area (Å²) in [4.78, 5) is 57.8. The number of carbonyl (C=O) groups is 4. The van der Waals surface area contributed by atoms with Crippen molar-refractivity contribution in [2.45, 2.75) is 78.1 Å². The lowest BCUT2D eigenvalue weighted by Gasteiger charge is -2.35. The lowest BCUT2D eigenvalue weighted by atomic mass is 9.85. The number of likely N-dealkylation sites (tertiary alicyclic amines) is 1. The number of carboxylic acid groups (broad SMARTS) is 1. The predicted molar refractivity (Wildman–Crippen MR) is 207 cm³/mol. The smallest absolute Gasteiger partial charge is 0.303 e. The monoisotopic (exact) mass is 782 g/mol. The fraction of sp³-hybridized carbons (Fsp3) is 0.525. The third-order valence-electron chi connectivity index (χ3n) is 9.08. The fourth-order valence-electron chi connectivity index (χ4n) is 6.04. The van der Waals surface area contributed by atoms with Crippen LogP contribution in [0.3, 0.4) is 0 Å². The number of carbonyl (C=O) groups excluding carboxylic acids is 3. The van der Waals surface area contributed by atoms with E-state index in [1.165, 1.54) is 4.90 Å². The van der Waals surface area contributed by atoms with Gasteiger partial charge in [0, 0.05) is 19.4 Å². The Balaban J connectivity index is 1.14. The molecule has 1 aliphatic heterocycles. The summed E-state index contributed by atoms with van der Waals surface area (Å²) in [6.45, 7) is 10.8. The number of nitrogens with one attached hydrogen (secondary N) is 2. The van der Waals surface area contributed by atoms with Gasteiger partial charge in [-0.1, -0.05) is 57.2 Å². The van der Waals surface area contributed by atoms with E-state index in [0.29, 0.717) is 38.6 Å². The second-order valence-electron chi connectivity index (χ2n) is 14.5. The van der Waals surface area contributed by atoms with Crippen molar-refractivity contribution in [3.63, 3.8) is 0 Å². The van der Waals surface area contributed by atoms with E-state index in [1.807, 2.05) is 76.5 Å². The van der Waals surface area contributed by atoms with Gasteiger partial charge in [-0.15, -0.1) is 11.3 Å². The molecule has 2 unspecified atom stereocenters. The molecule has 1 saturated heterocycles. The van der Waals surface area contributed by atoms with Gasteiger partial charge in [-0.25, -0.2) is 4.98 Å². The van der Waals surface area contributed by atoms with Crippen LogP contribution in [0.15, 0.2) is 54.0 Å². The quantitative estimate of drug-likeness (QED) is 0.115. The second-order valence-corrected chi connectivity index (χ2v) is 15.4. The van der Waals surface area contributed by atoms with Crippen LogP contribution < -0.4 is 15.4 Å². The van der Waals surface area contributed by atoms with Crippen LogP contribution in [0.2, 0.25) is 0 Å². The standard InChI is InChI=1S/C40H54N4O10S/c1-26(29-9-11-30(12-10-29)36-27(2)41-25-55-36)42-38(49)33-22-31(45)23-44(33)39(50)37(40(3,4)5)43-34(46)24-53-19-18-51-16-17-52-20-21-54-32-13-6-28(7-14-32)8-15-35(47)48/h6-7,9-14,25-26,31,33,37,45H,8,15-24H2,1-5H3,(H,42,49)(H,43,46)(H,47,48)/t26?,31-,33+,37?/m1/s1. The minimum absolute atomic E-state index is 0.0212. The van der Waals surface area contributed by atoms with Crippen molar-refractivity contribution in [3.05, 3.63) is 70.9 Å². The van der Waals surface area contributed by atoms with Crippen LogP contribution in [-0.2, 0) is 39.8 Å². The van der Waals surface area contributed by atoms with E-state index in [4.69, 9.17) is 24.1 Å². The van der Waals surface area contributed by atoms with E-state index in [2.05, 4.69) is 15.6 Å². The summed E-state index contributed by atoms with van der Waals surface area (Å²) in [5, 5.41) is 25.1. The van der Waals surface area contributed by atoms with Gasteiger partial charge in [0.2, 0.25) is 17.7 Å². The summed E-state index contributed by atoms with van der Waals surface area (Å²) in [7, 11) is 0. The maximum atomic E-state index is 13.9. The van der Waals surface area contributed by atoms with Crippen molar-refractivity contribution < 1.29 is 48.3 Å². The molecule has 3 aromatic rings. The van der Waals surface area contributed by atoms with Gasteiger partial charge >= 0.3 is 5.97 Å². The van der Waals surface area contributed by atoms with Gasteiger partial charge in [0.25, 0.3) is 0 Å². The van der Waals surface area contributed by atoms with Crippen LogP contribution in [0.5, 0.6) is 5.75 Å². The number of ether oxygens (including phenoxy) is 4. The molecular formula is C40H54N4O10S. The van der Waals surface area contributed by atoms with Gasteiger partial charge in [0.15, 0.2) is 0 Å². The zero-order valence-electron chi connectivity index (χ0n) is 32.2. The molecular weight excluding hydrogens is 729 g/mol. The number of aromatic nitrogens is 1. The van der Waals surface area contributed by atoms with Crippen LogP contribution in [0.1, 0.15) is 63.4 Å². The van der Waals surface area contributed by atoms with Gasteiger partial charge in [-0.2, -0.15) is 0 Å². The summed E-state index contributed by atoms with van der Waals surface area (Å²) in [6.07, 6.45) is -0.233. The number of hydrogen-bond donors (Lipinski definition) is 4. The number of aliphatic hydroxyl groups excluding tert-OH is 1. The molecule has 3 amide bonds.